The fourth-order valence-electron chi connectivity index (χ4n) is 2.26. The van der Waals surface area contributed by atoms with Crippen molar-refractivity contribution < 1.29 is 14.3 Å². The van der Waals surface area contributed by atoms with Crippen LogP contribution in [0.2, 0.25) is 0 Å². The fraction of sp³-hybridized carbons (Fsp3) is 0.176. The number of carbonyl (C=O) groups is 1. The first-order valence-corrected chi connectivity index (χ1v) is 6.89. The molecule has 0 bridgehead atoms. The van der Waals surface area contributed by atoms with Crippen molar-refractivity contribution in [1.82, 2.24) is 0 Å². The minimum atomic E-state index is -0.223. The number of carbonyl (C=O) groups excluding carboxylic acids is 1. The van der Waals surface area contributed by atoms with Gasteiger partial charge in [0.05, 0.1) is 11.6 Å². The molecule has 5 nitrogen and oxygen atoms in total. The van der Waals surface area contributed by atoms with Crippen LogP contribution in [0.25, 0.3) is 0 Å². The molecular formula is C17H14N2O3. The van der Waals surface area contributed by atoms with E-state index >= 15 is 0 Å². The van der Waals surface area contributed by atoms with Gasteiger partial charge < -0.3 is 14.8 Å². The average molecular weight is 294 g/mol. The van der Waals surface area contributed by atoms with Crippen LogP contribution in [-0.4, -0.2) is 19.1 Å². The molecule has 1 aliphatic rings. The molecule has 1 N–H and O–H groups in total. The summed E-state index contributed by atoms with van der Waals surface area (Å²) in [7, 11) is 0. The fourth-order valence-corrected chi connectivity index (χ4v) is 2.26. The number of amides is 1. The predicted octanol–water partition coefficient (Wildman–Crippen LogP) is 2.89. The van der Waals surface area contributed by atoms with Crippen molar-refractivity contribution in [2.24, 2.45) is 0 Å². The third kappa shape index (κ3) is 2.72. The maximum atomic E-state index is 12.4. The molecule has 22 heavy (non-hydrogen) atoms. The number of hydrogen-bond donors (Lipinski definition) is 1. The maximum absolute atomic E-state index is 12.4. The van der Waals surface area contributed by atoms with E-state index in [0.29, 0.717) is 41.5 Å². The minimum absolute atomic E-state index is 0.223. The molecule has 110 valence electrons. The van der Waals surface area contributed by atoms with Crippen LogP contribution in [0, 0.1) is 18.3 Å². The molecule has 0 unspecified atom stereocenters. The van der Waals surface area contributed by atoms with Crippen LogP contribution in [0.15, 0.2) is 36.4 Å². The van der Waals surface area contributed by atoms with Gasteiger partial charge in [0.1, 0.15) is 13.2 Å². The first-order valence-electron chi connectivity index (χ1n) is 6.89. The lowest BCUT2D eigenvalue weighted by molar-refractivity contribution is 0.102. The first kappa shape index (κ1) is 14.0. The SMILES string of the molecule is Cc1cc2c(cc1C(=O)Nc1ccc(C#N)cc1)OCCO2. The lowest BCUT2D eigenvalue weighted by atomic mass is 10.1. The average Bonchev–Trinajstić information content (AvgIpc) is 2.54. The van der Waals surface area contributed by atoms with Gasteiger partial charge in [-0.05, 0) is 48.9 Å². The molecular weight excluding hydrogens is 280 g/mol. The van der Waals surface area contributed by atoms with Crippen LogP contribution in [0.1, 0.15) is 21.5 Å². The third-order valence-electron chi connectivity index (χ3n) is 3.41. The molecule has 0 saturated heterocycles. The number of nitrogens with zero attached hydrogens (tertiary/aromatic N) is 1. The summed E-state index contributed by atoms with van der Waals surface area (Å²) in [5.41, 5.74) is 2.54. The van der Waals surface area contributed by atoms with Crippen LogP contribution < -0.4 is 14.8 Å². The number of nitrogens with one attached hydrogen (secondary N) is 1. The number of aryl methyl sites for hydroxylation is 1. The van der Waals surface area contributed by atoms with E-state index in [-0.39, 0.29) is 5.91 Å². The van der Waals surface area contributed by atoms with Gasteiger partial charge in [-0.1, -0.05) is 0 Å². The van der Waals surface area contributed by atoms with E-state index in [9.17, 15) is 4.79 Å². The van der Waals surface area contributed by atoms with Gasteiger partial charge >= 0.3 is 0 Å². The number of ether oxygens (including phenoxy) is 2. The van der Waals surface area contributed by atoms with Crippen LogP contribution in [0.3, 0.4) is 0 Å². The molecule has 0 aromatic heterocycles. The van der Waals surface area contributed by atoms with Crippen molar-refractivity contribution in [2.75, 3.05) is 18.5 Å². The Kier molecular flexibility index (Phi) is 3.67. The van der Waals surface area contributed by atoms with Crippen molar-refractivity contribution in [2.45, 2.75) is 6.92 Å². The van der Waals surface area contributed by atoms with Crippen LogP contribution in [0.4, 0.5) is 5.69 Å². The Hall–Kier alpha value is -3.00. The summed E-state index contributed by atoms with van der Waals surface area (Å²) in [6.07, 6.45) is 0. The van der Waals surface area contributed by atoms with Crippen molar-refractivity contribution in [1.29, 1.82) is 5.26 Å². The summed E-state index contributed by atoms with van der Waals surface area (Å²) in [5.74, 6) is 1.03. The smallest absolute Gasteiger partial charge is 0.256 e. The highest BCUT2D eigenvalue weighted by molar-refractivity contribution is 6.05. The molecule has 1 aliphatic heterocycles. The monoisotopic (exact) mass is 294 g/mol. The zero-order valence-electron chi connectivity index (χ0n) is 12.1. The molecule has 0 aliphatic carbocycles. The Balaban J connectivity index is 1.84. The minimum Gasteiger partial charge on any atom is -0.486 e. The molecule has 0 radical (unpaired) electrons. The lowest BCUT2D eigenvalue weighted by Crippen LogP contribution is -2.18. The van der Waals surface area contributed by atoms with E-state index in [1.807, 2.05) is 19.1 Å². The molecule has 1 amide bonds. The normalized spacial score (nSPS) is 12.4. The highest BCUT2D eigenvalue weighted by Crippen LogP contribution is 2.33. The van der Waals surface area contributed by atoms with Gasteiger partial charge in [-0.25, -0.2) is 0 Å². The van der Waals surface area contributed by atoms with E-state index in [2.05, 4.69) is 5.32 Å². The zero-order chi connectivity index (χ0) is 15.5. The first-order chi connectivity index (χ1) is 10.7. The van der Waals surface area contributed by atoms with Crippen molar-refractivity contribution >= 4 is 11.6 Å². The van der Waals surface area contributed by atoms with Gasteiger partial charge in [-0.3, -0.25) is 4.79 Å². The Labute approximate surface area is 128 Å². The molecule has 2 aromatic rings. The standard InChI is InChI=1S/C17H14N2O3/c1-11-8-15-16(22-7-6-21-15)9-14(11)17(20)19-13-4-2-12(10-18)3-5-13/h2-5,8-9H,6-7H2,1H3,(H,19,20). The van der Waals surface area contributed by atoms with Gasteiger partial charge in [0.25, 0.3) is 5.91 Å². The Morgan fingerprint density at radius 1 is 1.14 bits per heavy atom. The topological polar surface area (TPSA) is 71.4 Å². The van der Waals surface area contributed by atoms with Crippen LogP contribution >= 0.6 is 0 Å². The van der Waals surface area contributed by atoms with Crippen LogP contribution in [0.5, 0.6) is 11.5 Å². The van der Waals surface area contributed by atoms with Gasteiger partial charge in [0.2, 0.25) is 0 Å². The number of nitriles is 1. The van der Waals surface area contributed by atoms with Crippen molar-refractivity contribution in [3.63, 3.8) is 0 Å². The quantitative estimate of drug-likeness (QED) is 0.924. The van der Waals surface area contributed by atoms with Crippen molar-refractivity contribution in [3.05, 3.63) is 53.1 Å². The molecule has 5 heteroatoms. The van der Waals surface area contributed by atoms with E-state index in [1.54, 1.807) is 30.3 Å². The molecule has 0 fully saturated rings. The predicted molar refractivity (Wildman–Crippen MR) is 81.3 cm³/mol. The van der Waals surface area contributed by atoms with Gasteiger partial charge in [-0.15, -0.1) is 0 Å². The molecule has 0 spiro atoms. The molecule has 2 aromatic carbocycles. The van der Waals surface area contributed by atoms with E-state index in [1.165, 1.54) is 0 Å². The number of anilines is 1. The zero-order valence-corrected chi connectivity index (χ0v) is 12.1. The van der Waals surface area contributed by atoms with E-state index in [4.69, 9.17) is 14.7 Å². The van der Waals surface area contributed by atoms with Gasteiger partial charge in [0, 0.05) is 11.3 Å². The Morgan fingerprint density at radius 3 is 2.41 bits per heavy atom. The highest BCUT2D eigenvalue weighted by Gasteiger charge is 2.18. The summed E-state index contributed by atoms with van der Waals surface area (Å²) in [5, 5.41) is 11.6. The van der Waals surface area contributed by atoms with Gasteiger partial charge in [-0.2, -0.15) is 5.26 Å². The maximum Gasteiger partial charge on any atom is 0.256 e. The summed E-state index contributed by atoms with van der Waals surface area (Å²) < 4.78 is 11.0. The lowest BCUT2D eigenvalue weighted by Gasteiger charge is -2.20. The number of benzene rings is 2. The van der Waals surface area contributed by atoms with E-state index < -0.39 is 0 Å². The van der Waals surface area contributed by atoms with Crippen LogP contribution in [-0.2, 0) is 0 Å². The largest absolute Gasteiger partial charge is 0.486 e. The number of rotatable bonds is 2. The second kappa shape index (κ2) is 5.78. The highest BCUT2D eigenvalue weighted by atomic mass is 16.6. The van der Waals surface area contributed by atoms with E-state index in [0.717, 1.165) is 5.56 Å². The summed E-state index contributed by atoms with van der Waals surface area (Å²) >= 11 is 0. The van der Waals surface area contributed by atoms with Gasteiger partial charge in [0.15, 0.2) is 11.5 Å². The third-order valence-corrected chi connectivity index (χ3v) is 3.41. The number of fused-ring (bicyclic) bond motifs is 1. The second-order valence-corrected chi connectivity index (χ2v) is 4.95. The summed E-state index contributed by atoms with van der Waals surface area (Å²) in [4.78, 5) is 12.4. The Bertz CT molecular complexity index is 761. The Morgan fingerprint density at radius 2 is 1.77 bits per heavy atom. The summed E-state index contributed by atoms with van der Waals surface area (Å²) in [6.45, 7) is 2.85. The molecule has 0 saturated carbocycles. The number of hydrogen-bond acceptors (Lipinski definition) is 4. The molecule has 1 heterocycles. The molecule has 0 atom stereocenters. The summed E-state index contributed by atoms with van der Waals surface area (Å²) in [6, 6.07) is 12.3. The van der Waals surface area contributed by atoms with Crippen molar-refractivity contribution in [3.8, 4) is 17.6 Å². The second-order valence-electron chi connectivity index (χ2n) is 4.95. The molecule has 3 rings (SSSR count).